The zero-order valence-corrected chi connectivity index (χ0v) is 36.9. The van der Waals surface area contributed by atoms with Crippen molar-refractivity contribution in [2.24, 2.45) is 5.41 Å². The van der Waals surface area contributed by atoms with Gasteiger partial charge in [-0.15, -0.1) is 0 Å². The fraction of sp³-hybridized carbons (Fsp3) is 0.345. The Hall–Kier alpha value is -5.92. The molecule has 1 unspecified atom stereocenters. The molecule has 1 saturated carbocycles. The summed E-state index contributed by atoms with van der Waals surface area (Å²) in [6, 6.07) is 37.0. The van der Waals surface area contributed by atoms with Crippen LogP contribution in [-0.4, -0.2) is 54.7 Å². The lowest BCUT2D eigenvalue weighted by Gasteiger charge is -2.47. The van der Waals surface area contributed by atoms with E-state index in [0.717, 1.165) is 106 Å². The quantitative estimate of drug-likeness (QED) is 0.136. The van der Waals surface area contributed by atoms with Gasteiger partial charge < -0.3 is 33.3 Å². The van der Waals surface area contributed by atoms with Crippen LogP contribution >= 0.6 is 0 Å². The van der Waals surface area contributed by atoms with Crippen molar-refractivity contribution in [3.05, 3.63) is 137 Å². The number of hydrogen-bond acceptors (Lipinski definition) is 7. The largest absolute Gasteiger partial charge is 0.497 e. The zero-order valence-electron chi connectivity index (χ0n) is 36.9. The van der Waals surface area contributed by atoms with Crippen LogP contribution in [0.1, 0.15) is 80.2 Å². The number of hydrogen-bond donors (Lipinski definition) is 0. The lowest BCUT2D eigenvalue weighted by atomic mass is 9.58. The third-order valence-electron chi connectivity index (χ3n) is 15.1. The predicted molar refractivity (Wildman–Crippen MR) is 250 cm³/mol. The number of methoxy groups -OCH3 is 4. The summed E-state index contributed by atoms with van der Waals surface area (Å²) in [5, 5.41) is 2.15. The van der Waals surface area contributed by atoms with E-state index in [0.29, 0.717) is 5.41 Å². The van der Waals surface area contributed by atoms with Crippen LogP contribution in [0.2, 0.25) is 0 Å². The molecule has 4 aliphatic rings. The highest BCUT2D eigenvalue weighted by atomic mass is 16.5. The molecular weight excluding hydrogens is 771 g/mol. The van der Waals surface area contributed by atoms with Crippen molar-refractivity contribution in [1.29, 1.82) is 0 Å². The molecule has 0 N–H and O–H groups in total. The van der Waals surface area contributed by atoms with Gasteiger partial charge in [0.25, 0.3) is 0 Å². The molecule has 2 fully saturated rings. The first-order chi connectivity index (χ1) is 30.3. The number of morpholine rings is 1. The highest BCUT2D eigenvalue weighted by Crippen LogP contribution is 2.65. The zero-order chi connectivity index (χ0) is 42.6. The molecular formula is C55H57NO6. The molecule has 1 spiro atoms. The fourth-order valence-corrected chi connectivity index (χ4v) is 11.3. The molecule has 7 nitrogen and oxygen atoms in total. The summed E-state index contributed by atoms with van der Waals surface area (Å²) >= 11 is 0. The Bertz CT molecular complexity index is 2660. The van der Waals surface area contributed by atoms with Crippen molar-refractivity contribution in [3.8, 4) is 51.0 Å². The first-order valence-corrected chi connectivity index (χ1v) is 22.4. The molecule has 0 aromatic heterocycles. The van der Waals surface area contributed by atoms with E-state index in [1.807, 2.05) is 24.3 Å². The van der Waals surface area contributed by atoms with Gasteiger partial charge in [-0.25, -0.2) is 0 Å². The highest BCUT2D eigenvalue weighted by Gasteiger charge is 2.51. The van der Waals surface area contributed by atoms with Crippen molar-refractivity contribution in [3.63, 3.8) is 0 Å². The SMILES string of the molecule is CCC1(CC)CCC2(CC1)c1ccccc1-c1c2c2c(c3cc(OC)c(-c4ccc(OC)cc4OC)cc13)OC(c1ccc(OC)cc1)(c1ccc(N3CCOCC3)cc1)C=C2. The third-order valence-corrected chi connectivity index (χ3v) is 15.1. The topological polar surface area (TPSA) is 58.6 Å². The number of fused-ring (bicyclic) bond motifs is 10. The highest BCUT2D eigenvalue weighted by molar-refractivity contribution is 6.11. The van der Waals surface area contributed by atoms with Crippen LogP contribution in [0.25, 0.3) is 39.1 Å². The average molecular weight is 828 g/mol. The van der Waals surface area contributed by atoms with Gasteiger partial charge >= 0.3 is 0 Å². The van der Waals surface area contributed by atoms with Gasteiger partial charge in [0.15, 0.2) is 5.60 Å². The number of nitrogens with zero attached hydrogens (tertiary/aromatic N) is 1. The summed E-state index contributed by atoms with van der Waals surface area (Å²) in [5.41, 5.74) is 11.0. The molecule has 2 aliphatic heterocycles. The van der Waals surface area contributed by atoms with Gasteiger partial charge in [-0.2, -0.15) is 0 Å². The molecule has 318 valence electrons. The summed E-state index contributed by atoms with van der Waals surface area (Å²) in [5.74, 6) is 3.86. The summed E-state index contributed by atoms with van der Waals surface area (Å²) in [6.45, 7) is 7.99. The Balaban J connectivity index is 1.26. The first kappa shape index (κ1) is 40.2. The summed E-state index contributed by atoms with van der Waals surface area (Å²) in [7, 11) is 6.85. The molecule has 6 aromatic rings. The average Bonchev–Trinajstić information content (AvgIpc) is 3.63. The molecule has 1 atom stereocenters. The molecule has 0 amide bonds. The molecule has 0 radical (unpaired) electrons. The second-order valence-corrected chi connectivity index (χ2v) is 17.5. The second-order valence-electron chi connectivity index (χ2n) is 17.5. The Labute approximate surface area is 366 Å². The Morgan fingerprint density at radius 1 is 0.613 bits per heavy atom. The van der Waals surface area contributed by atoms with Gasteiger partial charge in [0.05, 0.1) is 41.7 Å². The van der Waals surface area contributed by atoms with E-state index in [4.69, 9.17) is 28.4 Å². The Morgan fingerprint density at radius 2 is 1.26 bits per heavy atom. The van der Waals surface area contributed by atoms with E-state index >= 15 is 0 Å². The van der Waals surface area contributed by atoms with Crippen molar-refractivity contribution < 1.29 is 28.4 Å². The lowest BCUT2D eigenvalue weighted by Crippen LogP contribution is -2.38. The number of rotatable bonds is 10. The van der Waals surface area contributed by atoms with E-state index < -0.39 is 5.60 Å². The smallest absolute Gasteiger partial charge is 0.178 e. The Kier molecular flexibility index (Phi) is 10.2. The lowest BCUT2D eigenvalue weighted by molar-refractivity contribution is 0.122. The molecule has 0 bridgehead atoms. The minimum Gasteiger partial charge on any atom is -0.497 e. The molecule has 2 aliphatic carbocycles. The van der Waals surface area contributed by atoms with Crippen LogP contribution in [0.3, 0.4) is 0 Å². The van der Waals surface area contributed by atoms with Crippen molar-refractivity contribution >= 4 is 22.5 Å². The summed E-state index contributed by atoms with van der Waals surface area (Å²) < 4.78 is 37.2. The van der Waals surface area contributed by atoms with E-state index in [2.05, 4.69) is 110 Å². The van der Waals surface area contributed by atoms with E-state index in [1.54, 1.807) is 28.4 Å². The van der Waals surface area contributed by atoms with Gasteiger partial charge in [0, 0.05) is 63.5 Å². The molecule has 10 rings (SSSR count). The first-order valence-electron chi connectivity index (χ1n) is 22.4. The molecule has 2 heterocycles. The van der Waals surface area contributed by atoms with Crippen molar-refractivity contribution in [1.82, 2.24) is 0 Å². The second kappa shape index (κ2) is 15.8. The predicted octanol–water partition coefficient (Wildman–Crippen LogP) is 12.4. The van der Waals surface area contributed by atoms with Crippen LogP contribution in [0.15, 0.2) is 109 Å². The number of anilines is 1. The Morgan fingerprint density at radius 3 is 1.92 bits per heavy atom. The molecule has 1 saturated heterocycles. The van der Waals surface area contributed by atoms with Crippen LogP contribution in [0, 0.1) is 5.41 Å². The number of benzene rings is 6. The fourth-order valence-electron chi connectivity index (χ4n) is 11.3. The van der Waals surface area contributed by atoms with E-state index in [-0.39, 0.29) is 5.41 Å². The van der Waals surface area contributed by atoms with Crippen LogP contribution in [0.5, 0.6) is 28.7 Å². The van der Waals surface area contributed by atoms with Crippen molar-refractivity contribution in [2.75, 3.05) is 59.6 Å². The van der Waals surface area contributed by atoms with Gasteiger partial charge in [-0.1, -0.05) is 81.3 Å². The minimum atomic E-state index is -0.945. The van der Waals surface area contributed by atoms with Gasteiger partial charge in [0.2, 0.25) is 0 Å². The minimum absolute atomic E-state index is 0.163. The van der Waals surface area contributed by atoms with E-state index in [1.165, 1.54) is 53.6 Å². The van der Waals surface area contributed by atoms with Gasteiger partial charge in [-0.3, -0.25) is 0 Å². The van der Waals surface area contributed by atoms with Crippen LogP contribution < -0.4 is 28.6 Å². The molecule has 62 heavy (non-hydrogen) atoms. The van der Waals surface area contributed by atoms with E-state index in [9.17, 15) is 0 Å². The molecule has 7 heteroatoms. The standard InChI is InChI=1S/C55H57NO6/c1-7-53(8-2)25-27-54(28-26-53)47-12-10-9-11-42(47)50-45-34-44(41-22-21-40(58-4)33-48(41)59-5)49(60-6)35-46(45)52-43(51(50)54)23-24-55(62-52,37-15-19-39(57-3)20-16-37)36-13-17-38(18-14-36)56-29-31-61-32-30-56/h9-24,33-35H,7-8,25-32H2,1-6H3. The molecule has 6 aromatic carbocycles. The summed E-state index contributed by atoms with van der Waals surface area (Å²) in [6.07, 6.45) is 11.7. The maximum atomic E-state index is 7.87. The summed E-state index contributed by atoms with van der Waals surface area (Å²) in [4.78, 5) is 2.39. The monoisotopic (exact) mass is 827 g/mol. The van der Waals surface area contributed by atoms with Gasteiger partial charge in [0.1, 0.15) is 28.7 Å². The normalized spacial score (nSPS) is 19.4. The third kappa shape index (κ3) is 6.18. The number of ether oxygens (including phenoxy) is 6. The maximum absolute atomic E-state index is 7.87. The maximum Gasteiger partial charge on any atom is 0.178 e. The van der Waals surface area contributed by atoms with Crippen LogP contribution in [-0.2, 0) is 15.8 Å². The van der Waals surface area contributed by atoms with Crippen LogP contribution in [0.4, 0.5) is 5.69 Å². The van der Waals surface area contributed by atoms with Crippen molar-refractivity contribution in [2.45, 2.75) is 63.4 Å². The van der Waals surface area contributed by atoms with Gasteiger partial charge in [-0.05, 0) is 113 Å².